The molecule has 1 aliphatic heterocycles. The van der Waals surface area contributed by atoms with Gasteiger partial charge >= 0.3 is 0 Å². The number of aryl methyl sites for hydroxylation is 1. The fourth-order valence-electron chi connectivity index (χ4n) is 3.00. The van der Waals surface area contributed by atoms with Gasteiger partial charge in [-0.2, -0.15) is 0 Å². The Morgan fingerprint density at radius 1 is 1.04 bits per heavy atom. The predicted octanol–water partition coefficient (Wildman–Crippen LogP) is 2.19. The number of ether oxygens (including phenoxy) is 1. The summed E-state index contributed by atoms with van der Waals surface area (Å²) in [6.45, 7) is 4.17. The van der Waals surface area contributed by atoms with Crippen LogP contribution in [0.3, 0.4) is 0 Å². The molecule has 1 aliphatic rings. The largest absolute Gasteiger partial charge is 0.378 e. The first kappa shape index (κ1) is 18.1. The molecular weight excluding hydrogens is 328 g/mol. The number of hydrogen-bond donors (Lipinski definition) is 1. The zero-order valence-electron chi connectivity index (χ0n) is 15.0. The lowest BCUT2D eigenvalue weighted by molar-refractivity contribution is -0.137. The minimum Gasteiger partial charge on any atom is -0.378 e. The number of nitrogens with one attached hydrogen (secondary N) is 1. The average Bonchev–Trinajstić information content (AvgIpc) is 2.69. The van der Waals surface area contributed by atoms with Crippen molar-refractivity contribution in [2.24, 2.45) is 0 Å². The van der Waals surface area contributed by atoms with Crippen LogP contribution in [0, 0.1) is 6.92 Å². The summed E-state index contributed by atoms with van der Waals surface area (Å²) in [6.07, 6.45) is 0.467. The summed E-state index contributed by atoms with van der Waals surface area (Å²) in [5.41, 5.74) is 2.67. The molecule has 1 N–H and O–H groups in total. The second-order valence-electron chi connectivity index (χ2n) is 6.52. The van der Waals surface area contributed by atoms with Gasteiger partial charge in [-0.25, -0.2) is 0 Å². The maximum absolute atomic E-state index is 13.0. The highest BCUT2D eigenvalue weighted by molar-refractivity contribution is 5.97. The van der Waals surface area contributed by atoms with Crippen LogP contribution in [0.15, 0.2) is 54.6 Å². The Bertz CT molecular complexity index is 738. The first-order chi connectivity index (χ1) is 12.6. The number of benzene rings is 2. The van der Waals surface area contributed by atoms with Crippen LogP contribution < -0.4 is 5.32 Å². The fraction of sp³-hybridized carbons (Fsp3) is 0.333. The molecule has 1 atom stereocenters. The normalized spacial score (nSPS) is 15.3. The van der Waals surface area contributed by atoms with E-state index in [1.54, 1.807) is 17.0 Å². The van der Waals surface area contributed by atoms with Gasteiger partial charge in [-0.05, 0) is 24.6 Å². The number of rotatable bonds is 5. The van der Waals surface area contributed by atoms with E-state index in [9.17, 15) is 9.59 Å². The van der Waals surface area contributed by atoms with E-state index >= 15 is 0 Å². The van der Waals surface area contributed by atoms with Gasteiger partial charge in [-0.1, -0.05) is 48.0 Å². The third-order valence-corrected chi connectivity index (χ3v) is 4.52. The van der Waals surface area contributed by atoms with E-state index in [0.29, 0.717) is 38.3 Å². The summed E-state index contributed by atoms with van der Waals surface area (Å²) >= 11 is 0. The van der Waals surface area contributed by atoms with Crippen molar-refractivity contribution in [1.29, 1.82) is 0 Å². The molecule has 1 unspecified atom stereocenters. The molecule has 3 rings (SSSR count). The topological polar surface area (TPSA) is 58.6 Å². The minimum atomic E-state index is -0.593. The van der Waals surface area contributed by atoms with Gasteiger partial charge in [0.1, 0.15) is 6.04 Å². The van der Waals surface area contributed by atoms with Crippen LogP contribution in [0.2, 0.25) is 0 Å². The molecule has 0 bridgehead atoms. The quantitative estimate of drug-likeness (QED) is 0.897. The Balaban J connectivity index is 1.76. The molecule has 1 fully saturated rings. The first-order valence-electron chi connectivity index (χ1n) is 8.91. The van der Waals surface area contributed by atoms with Crippen LogP contribution in [0.1, 0.15) is 21.5 Å². The zero-order valence-corrected chi connectivity index (χ0v) is 15.0. The number of carbonyl (C=O) groups excluding carboxylic acids is 2. The van der Waals surface area contributed by atoms with Gasteiger partial charge in [0, 0.05) is 25.1 Å². The van der Waals surface area contributed by atoms with E-state index in [1.165, 1.54) is 0 Å². The number of nitrogens with zero attached hydrogens (tertiary/aromatic N) is 1. The van der Waals surface area contributed by atoms with Gasteiger partial charge in [-0.3, -0.25) is 9.59 Å². The van der Waals surface area contributed by atoms with Crippen LogP contribution in [0.25, 0.3) is 0 Å². The van der Waals surface area contributed by atoms with Crippen LogP contribution in [0.4, 0.5) is 0 Å². The third kappa shape index (κ3) is 4.70. The van der Waals surface area contributed by atoms with Crippen LogP contribution in [-0.4, -0.2) is 49.1 Å². The lowest BCUT2D eigenvalue weighted by atomic mass is 10.0. The van der Waals surface area contributed by atoms with E-state index in [1.807, 2.05) is 49.4 Å². The van der Waals surface area contributed by atoms with E-state index in [0.717, 1.165) is 11.1 Å². The maximum atomic E-state index is 13.0. The highest BCUT2D eigenvalue weighted by atomic mass is 16.5. The van der Waals surface area contributed by atoms with Crippen LogP contribution in [-0.2, 0) is 16.0 Å². The van der Waals surface area contributed by atoms with Crippen molar-refractivity contribution in [1.82, 2.24) is 10.2 Å². The SMILES string of the molecule is Cc1ccc(C(=O)NC(Cc2ccccc2)C(=O)N2CCOCC2)cc1. The summed E-state index contributed by atoms with van der Waals surface area (Å²) < 4.78 is 5.33. The van der Waals surface area contributed by atoms with E-state index in [-0.39, 0.29) is 11.8 Å². The third-order valence-electron chi connectivity index (χ3n) is 4.52. The van der Waals surface area contributed by atoms with Gasteiger partial charge in [0.15, 0.2) is 0 Å². The number of hydrogen-bond acceptors (Lipinski definition) is 3. The van der Waals surface area contributed by atoms with Crippen molar-refractivity contribution in [3.63, 3.8) is 0 Å². The molecule has 26 heavy (non-hydrogen) atoms. The van der Waals surface area contributed by atoms with Gasteiger partial charge in [-0.15, -0.1) is 0 Å². The molecule has 2 amide bonds. The second kappa shape index (κ2) is 8.63. The summed E-state index contributed by atoms with van der Waals surface area (Å²) in [5.74, 6) is -0.287. The number of carbonyl (C=O) groups is 2. The highest BCUT2D eigenvalue weighted by Gasteiger charge is 2.27. The molecule has 5 heteroatoms. The lowest BCUT2D eigenvalue weighted by Crippen LogP contribution is -2.52. The summed E-state index contributed by atoms with van der Waals surface area (Å²) in [6, 6.07) is 16.5. The van der Waals surface area contributed by atoms with Crippen molar-refractivity contribution in [2.75, 3.05) is 26.3 Å². The Kier molecular flexibility index (Phi) is 6.02. The molecule has 0 radical (unpaired) electrons. The smallest absolute Gasteiger partial charge is 0.251 e. The summed E-state index contributed by atoms with van der Waals surface area (Å²) in [4.78, 5) is 27.4. The molecule has 1 heterocycles. The first-order valence-corrected chi connectivity index (χ1v) is 8.91. The Morgan fingerprint density at radius 2 is 1.69 bits per heavy atom. The second-order valence-corrected chi connectivity index (χ2v) is 6.52. The Hall–Kier alpha value is -2.66. The van der Waals surface area contributed by atoms with Gasteiger partial charge in [0.2, 0.25) is 5.91 Å². The highest BCUT2D eigenvalue weighted by Crippen LogP contribution is 2.10. The predicted molar refractivity (Wildman–Crippen MR) is 100.0 cm³/mol. The van der Waals surface area contributed by atoms with Crippen LogP contribution >= 0.6 is 0 Å². The van der Waals surface area contributed by atoms with Crippen LogP contribution in [0.5, 0.6) is 0 Å². The molecule has 1 saturated heterocycles. The van der Waals surface area contributed by atoms with E-state index in [4.69, 9.17) is 4.74 Å². The summed E-state index contributed by atoms with van der Waals surface area (Å²) in [5, 5.41) is 2.93. The molecule has 0 saturated carbocycles. The zero-order chi connectivity index (χ0) is 18.4. The Morgan fingerprint density at radius 3 is 2.35 bits per heavy atom. The van der Waals surface area contributed by atoms with Gasteiger partial charge < -0.3 is 15.0 Å². The molecule has 2 aromatic rings. The van der Waals surface area contributed by atoms with E-state index in [2.05, 4.69) is 5.32 Å². The fourth-order valence-corrected chi connectivity index (χ4v) is 3.00. The molecule has 0 aliphatic carbocycles. The number of morpholine rings is 1. The minimum absolute atomic E-state index is 0.0578. The lowest BCUT2D eigenvalue weighted by Gasteiger charge is -2.31. The van der Waals surface area contributed by atoms with Crippen molar-refractivity contribution in [3.8, 4) is 0 Å². The van der Waals surface area contributed by atoms with Gasteiger partial charge in [0.05, 0.1) is 13.2 Å². The molecule has 136 valence electrons. The summed E-state index contributed by atoms with van der Waals surface area (Å²) in [7, 11) is 0. The molecule has 5 nitrogen and oxygen atoms in total. The monoisotopic (exact) mass is 352 g/mol. The van der Waals surface area contributed by atoms with Crippen molar-refractivity contribution in [2.45, 2.75) is 19.4 Å². The molecule has 0 spiro atoms. The standard InChI is InChI=1S/C21H24N2O3/c1-16-7-9-18(10-8-16)20(24)22-19(15-17-5-3-2-4-6-17)21(25)23-11-13-26-14-12-23/h2-10,19H,11-15H2,1H3,(H,22,24). The van der Waals surface area contributed by atoms with Gasteiger partial charge in [0.25, 0.3) is 5.91 Å². The van der Waals surface area contributed by atoms with E-state index < -0.39 is 6.04 Å². The number of amides is 2. The van der Waals surface area contributed by atoms with Crippen molar-refractivity contribution in [3.05, 3.63) is 71.3 Å². The van der Waals surface area contributed by atoms with Crippen molar-refractivity contribution >= 4 is 11.8 Å². The Labute approximate surface area is 154 Å². The van der Waals surface area contributed by atoms with Crippen molar-refractivity contribution < 1.29 is 14.3 Å². The maximum Gasteiger partial charge on any atom is 0.251 e. The average molecular weight is 352 g/mol. The molecular formula is C21H24N2O3. The molecule has 2 aromatic carbocycles. The molecule has 0 aromatic heterocycles.